The van der Waals surface area contributed by atoms with Crippen LogP contribution in [-0.2, 0) is 5.54 Å². The molecule has 33 heavy (non-hydrogen) atoms. The van der Waals surface area contributed by atoms with E-state index in [1.165, 1.54) is 30.2 Å². The van der Waals surface area contributed by atoms with E-state index >= 15 is 0 Å². The third-order valence-electron chi connectivity index (χ3n) is 5.84. The van der Waals surface area contributed by atoms with E-state index in [1.807, 2.05) is 13.8 Å². The summed E-state index contributed by atoms with van der Waals surface area (Å²) in [7, 11) is 0. The van der Waals surface area contributed by atoms with Gasteiger partial charge in [-0.2, -0.15) is 0 Å². The predicted molar refractivity (Wildman–Crippen MR) is 124 cm³/mol. The number of anilines is 1. The summed E-state index contributed by atoms with van der Waals surface area (Å²) in [5.41, 5.74) is 10.7. The fraction of sp³-hybridized carbons (Fsp3) is 0.364. The van der Waals surface area contributed by atoms with E-state index in [9.17, 15) is 13.6 Å². The molecule has 174 valence electrons. The van der Waals surface area contributed by atoms with Crippen molar-refractivity contribution < 1.29 is 18.3 Å². The number of aromatic nitrogens is 2. The Hall–Kier alpha value is -3.23. The number of hydrogen-bond acceptors (Lipinski definition) is 8. The summed E-state index contributed by atoms with van der Waals surface area (Å²) >= 11 is 1.30. The number of carbonyl (C=O) groups excluding carboxylic acids is 1. The van der Waals surface area contributed by atoms with E-state index in [-0.39, 0.29) is 47.1 Å². The minimum atomic E-state index is -1.22. The zero-order valence-electron chi connectivity index (χ0n) is 18.4. The van der Waals surface area contributed by atoms with Crippen molar-refractivity contribution in [3.05, 3.63) is 47.4 Å². The van der Waals surface area contributed by atoms with Gasteiger partial charge in [-0.15, -0.1) is 6.42 Å². The first-order valence-corrected chi connectivity index (χ1v) is 10.8. The highest BCUT2D eigenvalue weighted by Crippen LogP contribution is 2.50. The number of halogens is 2. The molecule has 3 rings (SSSR count). The summed E-state index contributed by atoms with van der Waals surface area (Å²) < 4.78 is 34.1. The average Bonchev–Trinajstić information content (AvgIpc) is 2.78. The zero-order chi connectivity index (χ0) is 24.4. The second-order valence-electron chi connectivity index (χ2n) is 7.94. The predicted octanol–water partition coefficient (Wildman–Crippen LogP) is 2.65. The number of carbonyl (C=O) groups is 1. The van der Waals surface area contributed by atoms with Gasteiger partial charge in [0.2, 0.25) is 5.88 Å². The molecule has 1 aliphatic rings. The van der Waals surface area contributed by atoms with Crippen LogP contribution >= 0.6 is 11.8 Å². The molecule has 0 saturated heterocycles. The van der Waals surface area contributed by atoms with Crippen molar-refractivity contribution in [2.45, 2.75) is 31.1 Å². The summed E-state index contributed by atoms with van der Waals surface area (Å²) in [6.45, 7) is 5.69. The maximum atomic E-state index is 15.0. The standard InChI is InChI=1S/C22H24F2N6O2S/c1-5-6-32-17-10-27-16(9-28-17)19(31)29-13-7-14(18(24)15(23)8-13)22(4)12(2)21(3,11-25)33-20(26)30-22/h1,7-10,12H,6,11,25H2,2-4H3,(H2,26,30)(H,29,31)/t12-,21-,22+/m1/s1. The zero-order valence-corrected chi connectivity index (χ0v) is 19.2. The van der Waals surface area contributed by atoms with Gasteiger partial charge in [-0.05, 0) is 19.9 Å². The lowest BCUT2D eigenvalue weighted by Crippen LogP contribution is -2.52. The van der Waals surface area contributed by atoms with Crippen molar-refractivity contribution in [2.24, 2.45) is 22.4 Å². The van der Waals surface area contributed by atoms with E-state index in [0.717, 1.165) is 6.07 Å². The van der Waals surface area contributed by atoms with Crippen LogP contribution in [0, 0.1) is 29.9 Å². The molecule has 0 saturated carbocycles. The van der Waals surface area contributed by atoms with Crippen LogP contribution in [0.5, 0.6) is 5.88 Å². The quantitative estimate of drug-likeness (QED) is 0.549. The topological polar surface area (TPSA) is 129 Å². The number of thioether (sulfide) groups is 1. The van der Waals surface area contributed by atoms with Gasteiger partial charge in [-0.3, -0.25) is 9.79 Å². The Balaban J connectivity index is 1.94. The first kappa shape index (κ1) is 24.4. The van der Waals surface area contributed by atoms with E-state index < -0.39 is 27.8 Å². The maximum absolute atomic E-state index is 15.0. The first-order chi connectivity index (χ1) is 15.5. The fourth-order valence-electron chi connectivity index (χ4n) is 3.63. The van der Waals surface area contributed by atoms with Crippen LogP contribution in [0.15, 0.2) is 29.5 Å². The lowest BCUT2D eigenvalue weighted by Gasteiger charge is -2.47. The van der Waals surface area contributed by atoms with Crippen molar-refractivity contribution in [1.29, 1.82) is 0 Å². The number of terminal acetylenes is 1. The molecule has 0 spiro atoms. The Morgan fingerprint density at radius 2 is 2.06 bits per heavy atom. The number of ether oxygens (including phenoxy) is 1. The van der Waals surface area contributed by atoms with Crippen LogP contribution in [0.3, 0.4) is 0 Å². The van der Waals surface area contributed by atoms with E-state index in [2.05, 4.69) is 26.2 Å². The van der Waals surface area contributed by atoms with Gasteiger partial charge in [-0.25, -0.2) is 18.7 Å². The minimum absolute atomic E-state index is 0.00372. The average molecular weight is 475 g/mol. The number of benzene rings is 1. The van der Waals surface area contributed by atoms with Gasteiger partial charge in [0.25, 0.3) is 5.91 Å². The number of rotatable bonds is 6. The number of amidine groups is 1. The minimum Gasteiger partial charge on any atom is -0.463 e. The van der Waals surface area contributed by atoms with E-state index in [0.29, 0.717) is 0 Å². The van der Waals surface area contributed by atoms with Gasteiger partial charge in [0.1, 0.15) is 5.69 Å². The van der Waals surface area contributed by atoms with Gasteiger partial charge in [-0.1, -0.05) is 24.6 Å². The van der Waals surface area contributed by atoms with Crippen molar-refractivity contribution in [1.82, 2.24) is 9.97 Å². The molecule has 5 N–H and O–H groups in total. The molecule has 0 aliphatic carbocycles. The van der Waals surface area contributed by atoms with Gasteiger partial charge in [0.05, 0.1) is 17.9 Å². The summed E-state index contributed by atoms with van der Waals surface area (Å²) in [4.78, 5) is 24.9. The molecule has 0 unspecified atom stereocenters. The summed E-state index contributed by atoms with van der Waals surface area (Å²) in [6, 6.07) is 2.23. The van der Waals surface area contributed by atoms with Crippen LogP contribution in [0.2, 0.25) is 0 Å². The molecule has 1 amide bonds. The normalized spacial score (nSPS) is 24.5. The number of aliphatic imine (C=N–C) groups is 1. The number of nitrogens with one attached hydrogen (secondary N) is 1. The number of amides is 1. The van der Waals surface area contributed by atoms with Crippen LogP contribution in [0.25, 0.3) is 0 Å². The van der Waals surface area contributed by atoms with Crippen LogP contribution in [0.1, 0.15) is 36.8 Å². The number of nitrogens with zero attached hydrogens (tertiary/aromatic N) is 3. The summed E-state index contributed by atoms with van der Waals surface area (Å²) in [5.74, 6) is -0.756. The Kier molecular flexibility index (Phi) is 6.90. The Bertz CT molecular complexity index is 1140. The molecule has 3 atom stereocenters. The van der Waals surface area contributed by atoms with Crippen LogP contribution in [0.4, 0.5) is 14.5 Å². The third-order valence-corrected chi connectivity index (χ3v) is 7.13. The second-order valence-corrected chi connectivity index (χ2v) is 9.50. The highest BCUT2D eigenvalue weighted by Gasteiger charge is 2.49. The summed E-state index contributed by atoms with van der Waals surface area (Å²) in [6.07, 6.45) is 7.53. The molecule has 2 heterocycles. The second kappa shape index (κ2) is 9.33. The van der Waals surface area contributed by atoms with Gasteiger partial charge in [0.15, 0.2) is 23.4 Å². The molecular weight excluding hydrogens is 450 g/mol. The lowest BCUT2D eigenvalue weighted by molar-refractivity contribution is 0.102. The summed E-state index contributed by atoms with van der Waals surface area (Å²) in [5, 5.41) is 2.74. The molecule has 0 bridgehead atoms. The molecule has 0 fully saturated rings. The third kappa shape index (κ3) is 4.77. The molecule has 2 aromatic rings. The van der Waals surface area contributed by atoms with Gasteiger partial charge < -0.3 is 21.5 Å². The van der Waals surface area contributed by atoms with Crippen molar-refractivity contribution in [3.8, 4) is 18.2 Å². The van der Waals surface area contributed by atoms with Crippen molar-refractivity contribution >= 4 is 28.5 Å². The van der Waals surface area contributed by atoms with Crippen molar-refractivity contribution in [2.75, 3.05) is 18.5 Å². The molecule has 1 aromatic carbocycles. The monoisotopic (exact) mass is 474 g/mol. The van der Waals surface area contributed by atoms with E-state index in [1.54, 1.807) is 6.92 Å². The molecule has 11 heteroatoms. The Morgan fingerprint density at radius 3 is 2.67 bits per heavy atom. The molecule has 0 radical (unpaired) electrons. The number of nitrogens with two attached hydrogens (primary N) is 2. The molecule has 8 nitrogen and oxygen atoms in total. The molecular formula is C22H24F2N6O2S. The first-order valence-electron chi connectivity index (χ1n) is 9.97. The highest BCUT2D eigenvalue weighted by atomic mass is 32.2. The van der Waals surface area contributed by atoms with Gasteiger partial charge in [0, 0.05) is 34.5 Å². The van der Waals surface area contributed by atoms with E-state index in [4.69, 9.17) is 22.6 Å². The number of hydrogen-bond donors (Lipinski definition) is 3. The van der Waals surface area contributed by atoms with Gasteiger partial charge >= 0.3 is 0 Å². The van der Waals surface area contributed by atoms with Crippen LogP contribution < -0.4 is 21.5 Å². The maximum Gasteiger partial charge on any atom is 0.275 e. The fourth-order valence-corrected chi connectivity index (χ4v) is 4.83. The highest BCUT2D eigenvalue weighted by molar-refractivity contribution is 8.15. The van der Waals surface area contributed by atoms with Crippen LogP contribution in [-0.4, -0.2) is 38.9 Å². The SMILES string of the molecule is C#CCOc1cnc(C(=O)Nc2cc(F)c(F)c([C@@]3(C)N=C(N)S[C@](C)(CN)[C@H]3C)c2)cn1. The van der Waals surface area contributed by atoms with Crippen molar-refractivity contribution in [3.63, 3.8) is 0 Å². The lowest BCUT2D eigenvalue weighted by atomic mass is 9.73. The Morgan fingerprint density at radius 1 is 1.33 bits per heavy atom. The molecule has 1 aliphatic heterocycles. The Labute approximate surface area is 194 Å². The smallest absolute Gasteiger partial charge is 0.275 e. The largest absolute Gasteiger partial charge is 0.463 e. The molecule has 1 aromatic heterocycles.